The molecule has 0 saturated heterocycles. The molecule has 4 aromatic rings. The molecule has 0 saturated carbocycles. The molecular weight excluding hydrogens is 490 g/mol. The van der Waals surface area contributed by atoms with Gasteiger partial charge in [0.05, 0.1) is 12.0 Å². The minimum Gasteiger partial charge on any atom is -0.272 e. The third-order valence-corrected chi connectivity index (χ3v) is 6.85. The lowest BCUT2D eigenvalue weighted by molar-refractivity contribution is -0.118. The zero-order valence-electron chi connectivity index (χ0n) is 22.5. The van der Waals surface area contributed by atoms with Crippen molar-refractivity contribution in [3.8, 4) is 17.1 Å². The van der Waals surface area contributed by atoms with Crippen molar-refractivity contribution in [1.82, 2.24) is 20.2 Å². The number of hydrogen-bond acceptors (Lipinski definition) is 5. The molecule has 1 heterocycles. The van der Waals surface area contributed by atoms with Gasteiger partial charge in [0.15, 0.2) is 11.0 Å². The first-order valence-electron chi connectivity index (χ1n) is 12.5. The first kappa shape index (κ1) is 27.1. The smallest absolute Gasteiger partial charge is 0.250 e. The molecule has 0 spiro atoms. The number of aryl methyl sites for hydroxylation is 1. The van der Waals surface area contributed by atoms with Crippen LogP contribution in [0.25, 0.3) is 23.2 Å². The summed E-state index contributed by atoms with van der Waals surface area (Å²) in [6.07, 6.45) is 3.65. The van der Waals surface area contributed by atoms with E-state index in [0.29, 0.717) is 5.16 Å². The van der Waals surface area contributed by atoms with Crippen LogP contribution in [-0.4, -0.2) is 32.6 Å². The highest BCUT2D eigenvalue weighted by Gasteiger charge is 2.19. The molecule has 0 atom stereocenters. The number of thioether (sulfide) groups is 1. The Balaban J connectivity index is 1.50. The van der Waals surface area contributed by atoms with Gasteiger partial charge in [0.2, 0.25) is 0 Å². The molecule has 38 heavy (non-hydrogen) atoms. The summed E-state index contributed by atoms with van der Waals surface area (Å²) >= 11 is 1.33. The highest BCUT2D eigenvalue weighted by molar-refractivity contribution is 7.99. The maximum absolute atomic E-state index is 12.5. The number of nitrogens with one attached hydrogen (secondary N) is 1. The van der Waals surface area contributed by atoms with Crippen LogP contribution >= 0.6 is 11.8 Å². The van der Waals surface area contributed by atoms with Crippen molar-refractivity contribution in [2.45, 2.75) is 45.2 Å². The number of carbonyl (C=O) groups excluding carboxylic acids is 1. The van der Waals surface area contributed by atoms with Crippen molar-refractivity contribution in [2.75, 3.05) is 5.75 Å². The Labute approximate surface area is 228 Å². The Bertz CT molecular complexity index is 1430. The molecule has 7 heteroatoms. The Hall–Kier alpha value is -3.97. The SMILES string of the molecule is CC(C=NNC(=O)CSc1nnc(-c2ccc(C(C)(C)C)cc2)n1-c1ccc(C)cc1)=Cc1ccccc1. The second-order valence-electron chi connectivity index (χ2n) is 10.2. The molecule has 1 amide bonds. The fourth-order valence-electron chi connectivity index (χ4n) is 3.81. The van der Waals surface area contributed by atoms with Crippen LogP contribution in [0.3, 0.4) is 0 Å². The lowest BCUT2D eigenvalue weighted by Crippen LogP contribution is -2.20. The predicted octanol–water partition coefficient (Wildman–Crippen LogP) is 6.84. The van der Waals surface area contributed by atoms with Crippen LogP contribution in [0.2, 0.25) is 0 Å². The zero-order valence-corrected chi connectivity index (χ0v) is 23.3. The van der Waals surface area contributed by atoms with Crippen LogP contribution in [0.5, 0.6) is 0 Å². The zero-order chi connectivity index (χ0) is 27.1. The average Bonchev–Trinajstić information content (AvgIpc) is 3.32. The minimum absolute atomic E-state index is 0.0654. The fourth-order valence-corrected chi connectivity index (χ4v) is 4.56. The van der Waals surface area contributed by atoms with E-state index in [1.54, 1.807) is 6.21 Å². The van der Waals surface area contributed by atoms with Crippen LogP contribution in [0, 0.1) is 6.92 Å². The van der Waals surface area contributed by atoms with E-state index in [0.717, 1.165) is 28.2 Å². The summed E-state index contributed by atoms with van der Waals surface area (Å²) in [7, 11) is 0. The van der Waals surface area contributed by atoms with Gasteiger partial charge in [-0.3, -0.25) is 9.36 Å². The molecule has 1 N–H and O–H groups in total. The summed E-state index contributed by atoms with van der Waals surface area (Å²) in [5.41, 5.74) is 9.02. The Morgan fingerprint density at radius 2 is 1.66 bits per heavy atom. The van der Waals surface area contributed by atoms with Gasteiger partial charge < -0.3 is 0 Å². The standard InChI is InChI=1S/C31H33N5OS/c1-22-11-17-27(18-12-22)36-29(25-13-15-26(16-14-25)31(3,4)5)34-35-30(36)38-21-28(37)33-32-20-23(2)19-24-9-7-6-8-10-24/h6-20H,21H2,1-5H3,(H,33,37). The molecule has 1 aromatic heterocycles. The van der Waals surface area contributed by atoms with Gasteiger partial charge in [-0.15, -0.1) is 10.2 Å². The average molecular weight is 524 g/mol. The number of hydrazone groups is 1. The molecule has 194 valence electrons. The van der Waals surface area contributed by atoms with Crippen molar-refractivity contribution < 1.29 is 4.79 Å². The molecule has 6 nitrogen and oxygen atoms in total. The van der Waals surface area contributed by atoms with Crippen molar-refractivity contribution in [2.24, 2.45) is 5.10 Å². The van der Waals surface area contributed by atoms with Gasteiger partial charge in [0.1, 0.15) is 0 Å². The maximum atomic E-state index is 12.5. The van der Waals surface area contributed by atoms with Crippen LogP contribution in [0.4, 0.5) is 0 Å². The Kier molecular flexibility index (Phi) is 8.59. The summed E-state index contributed by atoms with van der Waals surface area (Å²) in [4.78, 5) is 12.5. The minimum atomic E-state index is -0.215. The molecule has 0 unspecified atom stereocenters. The lowest BCUT2D eigenvalue weighted by Gasteiger charge is -2.19. The van der Waals surface area contributed by atoms with Crippen molar-refractivity contribution in [3.05, 3.63) is 101 Å². The molecule has 0 aliphatic rings. The maximum Gasteiger partial charge on any atom is 0.250 e. The molecule has 3 aromatic carbocycles. The third-order valence-electron chi connectivity index (χ3n) is 5.92. The molecule has 0 aliphatic carbocycles. The summed E-state index contributed by atoms with van der Waals surface area (Å²) < 4.78 is 2.00. The second kappa shape index (κ2) is 12.0. The van der Waals surface area contributed by atoms with E-state index >= 15 is 0 Å². The Morgan fingerprint density at radius 1 is 0.974 bits per heavy atom. The van der Waals surface area contributed by atoms with Gasteiger partial charge in [0, 0.05) is 11.3 Å². The number of allylic oxidation sites excluding steroid dienone is 1. The van der Waals surface area contributed by atoms with E-state index in [4.69, 9.17) is 0 Å². The summed E-state index contributed by atoms with van der Waals surface area (Å²) in [6, 6.07) is 26.6. The highest BCUT2D eigenvalue weighted by atomic mass is 32.2. The molecule has 0 radical (unpaired) electrons. The first-order chi connectivity index (χ1) is 18.2. The van der Waals surface area contributed by atoms with Crippen LogP contribution in [0.15, 0.2) is 94.7 Å². The van der Waals surface area contributed by atoms with Crippen molar-refractivity contribution in [3.63, 3.8) is 0 Å². The molecule has 0 aliphatic heterocycles. The molecule has 0 bridgehead atoms. The van der Waals surface area contributed by atoms with Gasteiger partial charge in [-0.05, 0) is 48.1 Å². The Morgan fingerprint density at radius 3 is 2.32 bits per heavy atom. The second-order valence-corrected chi connectivity index (χ2v) is 11.1. The number of hydrogen-bond donors (Lipinski definition) is 1. The first-order valence-corrected chi connectivity index (χ1v) is 13.5. The molecule has 4 rings (SSSR count). The van der Waals surface area contributed by atoms with Gasteiger partial charge >= 0.3 is 0 Å². The number of rotatable bonds is 8. The van der Waals surface area contributed by atoms with E-state index < -0.39 is 0 Å². The topological polar surface area (TPSA) is 72.2 Å². The number of benzene rings is 3. The largest absolute Gasteiger partial charge is 0.272 e. The van der Waals surface area contributed by atoms with Gasteiger partial charge in [-0.2, -0.15) is 5.10 Å². The summed E-state index contributed by atoms with van der Waals surface area (Å²) in [5.74, 6) is 0.677. The van der Waals surface area contributed by atoms with E-state index in [1.165, 1.54) is 22.9 Å². The summed E-state index contributed by atoms with van der Waals surface area (Å²) in [6.45, 7) is 10.6. The highest BCUT2D eigenvalue weighted by Crippen LogP contribution is 2.30. The number of amides is 1. The van der Waals surface area contributed by atoms with Gasteiger partial charge in [0.25, 0.3) is 5.91 Å². The van der Waals surface area contributed by atoms with Crippen molar-refractivity contribution >= 4 is 30.0 Å². The molecule has 0 fully saturated rings. The van der Waals surface area contributed by atoms with E-state index in [1.807, 2.05) is 60.0 Å². The monoisotopic (exact) mass is 523 g/mol. The predicted molar refractivity (Wildman–Crippen MR) is 158 cm³/mol. The third kappa shape index (κ3) is 7.07. The van der Waals surface area contributed by atoms with E-state index in [2.05, 4.69) is 84.8 Å². The van der Waals surface area contributed by atoms with E-state index in [-0.39, 0.29) is 17.1 Å². The number of nitrogens with zero attached hydrogens (tertiary/aromatic N) is 4. The number of carbonyl (C=O) groups is 1. The quantitative estimate of drug-likeness (QED) is 0.156. The normalized spacial score (nSPS) is 12.2. The van der Waals surface area contributed by atoms with Gasteiger partial charge in [-0.25, -0.2) is 5.43 Å². The van der Waals surface area contributed by atoms with E-state index in [9.17, 15) is 4.79 Å². The van der Waals surface area contributed by atoms with Crippen LogP contribution < -0.4 is 5.43 Å². The van der Waals surface area contributed by atoms with Gasteiger partial charge in [-0.1, -0.05) is 111 Å². The van der Waals surface area contributed by atoms with Crippen molar-refractivity contribution in [1.29, 1.82) is 0 Å². The summed E-state index contributed by atoms with van der Waals surface area (Å²) in [5, 5.41) is 13.7. The number of aromatic nitrogens is 3. The molecular formula is C31H33N5OS. The lowest BCUT2D eigenvalue weighted by atomic mass is 9.87. The van der Waals surface area contributed by atoms with Crippen LogP contribution in [0.1, 0.15) is 44.4 Å². The fraction of sp³-hybridized carbons (Fsp3) is 0.226. The van der Waals surface area contributed by atoms with Crippen LogP contribution in [-0.2, 0) is 10.2 Å².